The third-order valence-corrected chi connectivity index (χ3v) is 12.7. The fourth-order valence-electron chi connectivity index (χ4n) is 9.23. The van der Waals surface area contributed by atoms with Gasteiger partial charge in [-0.05, 0) is 113 Å². The summed E-state index contributed by atoms with van der Waals surface area (Å²) in [5.41, 5.74) is 1.17. The van der Waals surface area contributed by atoms with E-state index in [1.54, 1.807) is 76.6 Å². The van der Waals surface area contributed by atoms with E-state index in [4.69, 9.17) is 0 Å². The van der Waals surface area contributed by atoms with Crippen molar-refractivity contribution in [3.63, 3.8) is 0 Å². The van der Waals surface area contributed by atoms with E-state index in [9.17, 15) is 42.9 Å². The van der Waals surface area contributed by atoms with E-state index >= 15 is 4.39 Å². The number of halogens is 4. The van der Waals surface area contributed by atoms with Gasteiger partial charge in [0, 0.05) is 24.6 Å². The smallest absolute Gasteiger partial charge is 0.333 e. The third kappa shape index (κ3) is 8.91. The zero-order valence-electron chi connectivity index (χ0n) is 36.5. The second kappa shape index (κ2) is 18.0. The Morgan fingerprint density at radius 1 is 0.742 bits per heavy atom. The number of allylic oxidation sites excluding steroid dienone is 3. The Balaban J connectivity index is 0.927. The lowest BCUT2D eigenvalue weighted by Crippen LogP contribution is -2.54. The molecule has 0 saturated heterocycles. The number of benzene rings is 3. The van der Waals surface area contributed by atoms with Gasteiger partial charge in [0.05, 0.1) is 82.4 Å². The fraction of sp³-hybridized carbons (Fsp3) is 0.347. The van der Waals surface area contributed by atoms with Gasteiger partial charge >= 0.3 is 18.2 Å². The molecule has 0 aromatic heterocycles. The Morgan fingerprint density at radius 3 is 1.85 bits per heavy atom. The number of alkyl halides is 4. The predicted molar refractivity (Wildman–Crippen MR) is 237 cm³/mol. The van der Waals surface area contributed by atoms with Gasteiger partial charge in [-0.1, -0.05) is 42.5 Å². The Morgan fingerprint density at radius 2 is 1.30 bits per heavy atom. The van der Waals surface area contributed by atoms with E-state index in [0.717, 1.165) is 17.0 Å². The first kappa shape index (κ1) is 45.3. The second-order valence-electron chi connectivity index (χ2n) is 17.5. The molecule has 0 saturated carbocycles. The first-order valence-electron chi connectivity index (χ1n) is 21.7. The topological polar surface area (TPSA) is 156 Å². The van der Waals surface area contributed by atoms with Crippen molar-refractivity contribution in [1.29, 1.82) is 10.5 Å². The van der Waals surface area contributed by atoms with Crippen molar-refractivity contribution in [3.8, 4) is 12.1 Å². The number of urea groups is 2. The van der Waals surface area contributed by atoms with Crippen molar-refractivity contribution in [2.24, 2.45) is 5.92 Å². The monoisotopic (exact) mass is 901 g/mol. The number of carbonyl (C=O) groups excluding carboxylic acids is 4. The molecule has 1 unspecified atom stereocenters. The zero-order chi connectivity index (χ0) is 47.1. The van der Waals surface area contributed by atoms with Crippen LogP contribution in [0.3, 0.4) is 0 Å². The van der Waals surface area contributed by atoms with Crippen LogP contribution in [0.25, 0.3) is 0 Å². The molecule has 2 N–H and O–H groups in total. The molecule has 0 fully saturated rings. The molecule has 340 valence electrons. The summed E-state index contributed by atoms with van der Waals surface area (Å²) in [5, 5.41) is 24.6. The maximum absolute atomic E-state index is 15.1. The van der Waals surface area contributed by atoms with Crippen LogP contribution in [0.1, 0.15) is 61.4 Å². The van der Waals surface area contributed by atoms with Crippen molar-refractivity contribution in [3.05, 3.63) is 141 Å². The lowest BCUT2D eigenvalue weighted by molar-refractivity contribution is -0.137. The maximum Gasteiger partial charge on any atom is 0.416 e. The molecule has 0 spiro atoms. The average Bonchev–Trinajstić information content (AvgIpc) is 3.79. The van der Waals surface area contributed by atoms with Crippen molar-refractivity contribution in [2.75, 3.05) is 56.1 Å². The molecule has 0 radical (unpaired) electrons. The quantitative estimate of drug-likeness (QED) is 0.168. The summed E-state index contributed by atoms with van der Waals surface area (Å²) in [4.78, 5) is 64.0. The van der Waals surface area contributed by atoms with Crippen LogP contribution >= 0.6 is 0 Å². The van der Waals surface area contributed by atoms with Crippen molar-refractivity contribution < 1.29 is 36.7 Å². The normalized spacial score (nSPS) is 20.9. The van der Waals surface area contributed by atoms with Crippen LogP contribution in [-0.4, -0.2) is 90.9 Å². The lowest BCUT2D eigenvalue weighted by Gasteiger charge is -2.36. The molecule has 66 heavy (non-hydrogen) atoms. The molecule has 4 heterocycles. The minimum atomic E-state index is -4.65. The highest BCUT2D eigenvalue weighted by Crippen LogP contribution is 2.41. The summed E-state index contributed by atoms with van der Waals surface area (Å²) in [6.45, 7) is 4.78. The molecule has 1 aliphatic carbocycles. The highest BCUT2D eigenvalue weighted by Gasteiger charge is 2.47. The summed E-state index contributed by atoms with van der Waals surface area (Å²) in [6, 6.07) is 19.2. The van der Waals surface area contributed by atoms with Gasteiger partial charge in [-0.15, -0.1) is 0 Å². The molecule has 6 amide bonds. The van der Waals surface area contributed by atoms with Crippen LogP contribution in [-0.2, 0) is 21.4 Å². The minimum absolute atomic E-state index is 0.0101. The van der Waals surface area contributed by atoms with Crippen LogP contribution in [0, 0.1) is 28.6 Å². The molecule has 8 rings (SSSR count). The number of hydrogen-bond donors (Lipinski definition) is 2. The summed E-state index contributed by atoms with van der Waals surface area (Å²) < 4.78 is 56.4. The molecule has 13 nitrogen and oxygen atoms in total. The van der Waals surface area contributed by atoms with Gasteiger partial charge in [0.2, 0.25) is 0 Å². The number of hydrogen-bond acceptors (Lipinski definition) is 7. The molecule has 5 aliphatic rings. The van der Waals surface area contributed by atoms with E-state index in [1.165, 1.54) is 30.9 Å². The molecule has 17 heteroatoms. The molecule has 3 aromatic rings. The second-order valence-corrected chi connectivity index (χ2v) is 17.5. The molecule has 0 bridgehead atoms. The lowest BCUT2D eigenvalue weighted by atomic mass is 9.84. The SMILES string of the molecule is CN(CCCN1CC2=C(C1=O)[C@@H](c1ccc(C#N)cc1)NC(=O)N2c1cccc(C(C)(C)F)c1)CCCN1CC2=C(C1=O)[C@@H](C1C=CC(C#N)=CC1)NC(=O)N2c1cccc(C(F)(F)F)c1. The summed E-state index contributed by atoms with van der Waals surface area (Å²) in [7, 11) is 1.92. The summed E-state index contributed by atoms with van der Waals surface area (Å²) in [5.74, 6) is -0.947. The number of amides is 6. The van der Waals surface area contributed by atoms with Gasteiger partial charge in [-0.25, -0.2) is 14.0 Å². The fourth-order valence-corrected chi connectivity index (χ4v) is 9.23. The Kier molecular flexibility index (Phi) is 12.3. The summed E-state index contributed by atoms with van der Waals surface area (Å²) >= 11 is 0. The van der Waals surface area contributed by atoms with Crippen molar-refractivity contribution >= 4 is 35.3 Å². The maximum atomic E-state index is 15.1. The molecular weight excluding hydrogens is 855 g/mol. The molecule has 3 atom stereocenters. The van der Waals surface area contributed by atoms with E-state index in [-0.39, 0.29) is 36.5 Å². The molecular formula is C49H47F4N9O4. The number of rotatable bonds is 13. The Bertz CT molecular complexity index is 2690. The van der Waals surface area contributed by atoms with E-state index in [0.29, 0.717) is 95.9 Å². The third-order valence-electron chi connectivity index (χ3n) is 12.7. The van der Waals surface area contributed by atoms with Gasteiger partial charge in [-0.3, -0.25) is 19.4 Å². The van der Waals surface area contributed by atoms with Crippen LogP contribution in [0.4, 0.5) is 38.5 Å². The summed E-state index contributed by atoms with van der Waals surface area (Å²) in [6.07, 6.45) is 1.95. The Hall–Kier alpha value is -7.24. The van der Waals surface area contributed by atoms with Crippen LogP contribution < -0.4 is 20.4 Å². The number of nitrogens with zero attached hydrogens (tertiary/aromatic N) is 7. The van der Waals surface area contributed by atoms with Gasteiger partial charge in [0.15, 0.2) is 0 Å². The highest BCUT2D eigenvalue weighted by atomic mass is 19.4. The standard InChI is InChI=1S/C49H47F4N9O4/c1-48(2,50)34-8-4-10-36(24-34)61-38-28-59(44(63)40(38)42(56-46(61)65)32-16-12-30(26-54)13-17-32)22-6-20-58(3)21-7-23-60-29-39-41(45(60)64)43(33-18-14-31(27-55)15-19-33)57-47(66)62(39)37-11-5-9-35(25-37)49(51,52)53/h4-5,8-18,24-25,33,42-43H,6-7,19-23,28-29H2,1-3H3,(H,56,65)(H,57,66)/t33?,42-,43-/m1/s1. The van der Waals surface area contributed by atoms with Gasteiger partial charge in [-0.2, -0.15) is 23.7 Å². The molecule has 4 aliphatic heterocycles. The largest absolute Gasteiger partial charge is 0.416 e. The van der Waals surface area contributed by atoms with E-state index in [2.05, 4.69) is 27.7 Å². The van der Waals surface area contributed by atoms with Gasteiger partial charge in [0.25, 0.3) is 11.8 Å². The number of nitrogens with one attached hydrogen (secondary N) is 2. The number of nitriles is 2. The van der Waals surface area contributed by atoms with Crippen LogP contribution in [0.5, 0.6) is 0 Å². The van der Waals surface area contributed by atoms with Crippen molar-refractivity contribution in [2.45, 2.75) is 57.0 Å². The molecule has 3 aromatic carbocycles. The number of anilines is 2. The first-order chi connectivity index (χ1) is 31.5. The van der Waals surface area contributed by atoms with Gasteiger partial charge in [0.1, 0.15) is 5.67 Å². The zero-order valence-corrected chi connectivity index (χ0v) is 36.5. The predicted octanol–water partition coefficient (Wildman–Crippen LogP) is 7.58. The Labute approximate surface area is 379 Å². The van der Waals surface area contributed by atoms with E-state index < -0.39 is 41.6 Å². The minimum Gasteiger partial charge on any atom is -0.333 e. The first-order valence-corrected chi connectivity index (χ1v) is 21.7. The van der Waals surface area contributed by atoms with Crippen LogP contribution in [0.2, 0.25) is 0 Å². The highest BCUT2D eigenvalue weighted by molar-refractivity contribution is 6.08. The van der Waals surface area contributed by atoms with E-state index in [1.807, 2.05) is 7.05 Å². The van der Waals surface area contributed by atoms with Crippen molar-refractivity contribution in [1.82, 2.24) is 25.3 Å². The van der Waals surface area contributed by atoms with Gasteiger partial charge < -0.3 is 25.3 Å². The average molecular weight is 902 g/mol. The van der Waals surface area contributed by atoms with Crippen LogP contribution in [0.15, 0.2) is 119 Å². The number of carbonyl (C=O) groups is 4.